The van der Waals surface area contributed by atoms with Gasteiger partial charge < -0.3 is 10.2 Å². The van der Waals surface area contributed by atoms with E-state index in [0.717, 1.165) is 32.6 Å². The van der Waals surface area contributed by atoms with Gasteiger partial charge >= 0.3 is 0 Å². The van der Waals surface area contributed by atoms with Crippen molar-refractivity contribution in [2.45, 2.75) is 32.2 Å². The molecule has 1 heterocycles. The van der Waals surface area contributed by atoms with E-state index < -0.39 is 0 Å². The Balaban J connectivity index is 2.17. The Labute approximate surface area is 92.4 Å². The van der Waals surface area contributed by atoms with Crippen LogP contribution in [-0.2, 0) is 0 Å². The third-order valence-electron chi connectivity index (χ3n) is 3.29. The Kier molecular flexibility index (Phi) is 5.79. The van der Waals surface area contributed by atoms with Crippen LogP contribution in [0.3, 0.4) is 0 Å². The topological polar surface area (TPSA) is 44.7 Å². The van der Waals surface area contributed by atoms with Crippen molar-refractivity contribution in [3.8, 4) is 0 Å². The quantitative estimate of drug-likeness (QED) is 0.536. The fraction of sp³-hybridized carbons (Fsp3) is 1.00. The molecule has 4 nitrogen and oxygen atoms in total. The zero-order valence-electron chi connectivity index (χ0n) is 9.91. The van der Waals surface area contributed by atoms with E-state index in [0.29, 0.717) is 5.92 Å². The van der Waals surface area contributed by atoms with Crippen molar-refractivity contribution in [3.05, 3.63) is 4.91 Å². The van der Waals surface area contributed by atoms with Crippen molar-refractivity contribution >= 4 is 0 Å². The van der Waals surface area contributed by atoms with E-state index in [9.17, 15) is 4.91 Å². The maximum Gasteiger partial charge on any atom is 0.107 e. The average molecular weight is 213 g/mol. The molecule has 1 rings (SSSR count). The molecule has 0 bridgehead atoms. The van der Waals surface area contributed by atoms with Crippen LogP contribution in [0.2, 0.25) is 0 Å². The van der Waals surface area contributed by atoms with Crippen LogP contribution in [0.25, 0.3) is 0 Å². The molecule has 0 radical (unpaired) electrons. The van der Waals surface area contributed by atoms with Crippen LogP contribution in [0.5, 0.6) is 0 Å². The minimum Gasteiger partial charge on any atom is -0.320 e. The minimum atomic E-state index is 0.0167. The summed E-state index contributed by atoms with van der Waals surface area (Å²) in [4.78, 5) is 13.0. The van der Waals surface area contributed by atoms with Gasteiger partial charge in [0.2, 0.25) is 0 Å². The Morgan fingerprint density at radius 1 is 1.47 bits per heavy atom. The Bertz CT molecular complexity index is 187. The second kappa shape index (κ2) is 6.90. The lowest BCUT2D eigenvalue weighted by molar-refractivity contribution is 0.167. The van der Waals surface area contributed by atoms with Gasteiger partial charge in [0.1, 0.15) is 6.04 Å². The molecule has 1 aliphatic rings. The molecular formula is C11H23N3O. The molecule has 0 aromatic rings. The van der Waals surface area contributed by atoms with E-state index in [1.807, 2.05) is 7.05 Å². The second-order valence-corrected chi connectivity index (χ2v) is 4.55. The Morgan fingerprint density at radius 3 is 2.93 bits per heavy atom. The van der Waals surface area contributed by atoms with Crippen molar-refractivity contribution < 1.29 is 0 Å². The van der Waals surface area contributed by atoms with Crippen LogP contribution in [-0.4, -0.2) is 44.2 Å². The SMILES string of the molecule is CNCCCCN1CC[C@@H](C)C(N=O)C1. The molecule has 1 N–H and O–H groups in total. The predicted octanol–water partition coefficient (Wildman–Crippen LogP) is 1.46. The highest BCUT2D eigenvalue weighted by Crippen LogP contribution is 2.19. The first-order chi connectivity index (χ1) is 7.27. The summed E-state index contributed by atoms with van der Waals surface area (Å²) in [5.74, 6) is 0.469. The predicted molar refractivity (Wildman–Crippen MR) is 63.0 cm³/mol. The summed E-state index contributed by atoms with van der Waals surface area (Å²) in [6.07, 6.45) is 3.53. The summed E-state index contributed by atoms with van der Waals surface area (Å²) in [5, 5.41) is 6.36. The minimum absolute atomic E-state index is 0.0167. The Hall–Kier alpha value is -0.480. The molecule has 2 atom stereocenters. The van der Waals surface area contributed by atoms with Gasteiger partial charge in [-0.25, -0.2) is 0 Å². The second-order valence-electron chi connectivity index (χ2n) is 4.55. The molecule has 0 aromatic carbocycles. The number of likely N-dealkylation sites (tertiary alicyclic amines) is 1. The number of unbranched alkanes of at least 4 members (excludes halogenated alkanes) is 1. The number of hydrogen-bond donors (Lipinski definition) is 1. The molecule has 4 heteroatoms. The van der Waals surface area contributed by atoms with E-state index in [-0.39, 0.29) is 6.04 Å². The molecule has 0 amide bonds. The zero-order chi connectivity index (χ0) is 11.1. The van der Waals surface area contributed by atoms with Gasteiger partial charge in [0, 0.05) is 6.54 Å². The lowest BCUT2D eigenvalue weighted by atomic mass is 9.94. The summed E-state index contributed by atoms with van der Waals surface area (Å²) in [7, 11) is 1.98. The number of rotatable bonds is 6. The van der Waals surface area contributed by atoms with Gasteiger partial charge in [0.15, 0.2) is 0 Å². The lowest BCUT2D eigenvalue weighted by Gasteiger charge is -2.33. The van der Waals surface area contributed by atoms with Crippen molar-refractivity contribution in [3.63, 3.8) is 0 Å². The molecule has 1 unspecified atom stereocenters. The van der Waals surface area contributed by atoms with Crippen LogP contribution < -0.4 is 5.32 Å². The summed E-state index contributed by atoms with van der Waals surface area (Å²) in [6.45, 7) is 6.32. The van der Waals surface area contributed by atoms with Gasteiger partial charge in [0.05, 0.1) is 0 Å². The zero-order valence-corrected chi connectivity index (χ0v) is 9.91. The maximum absolute atomic E-state index is 10.6. The van der Waals surface area contributed by atoms with Crippen molar-refractivity contribution in [2.24, 2.45) is 11.1 Å². The van der Waals surface area contributed by atoms with Crippen LogP contribution in [0, 0.1) is 10.8 Å². The van der Waals surface area contributed by atoms with Gasteiger partial charge in [-0.05, 0) is 51.9 Å². The molecule has 0 spiro atoms. The van der Waals surface area contributed by atoms with Crippen molar-refractivity contribution in [1.82, 2.24) is 10.2 Å². The normalized spacial score (nSPS) is 27.9. The monoisotopic (exact) mass is 213 g/mol. The number of nitrogens with zero attached hydrogens (tertiary/aromatic N) is 2. The van der Waals surface area contributed by atoms with E-state index in [2.05, 4.69) is 22.3 Å². The van der Waals surface area contributed by atoms with Crippen molar-refractivity contribution in [2.75, 3.05) is 33.2 Å². The summed E-state index contributed by atoms with van der Waals surface area (Å²) in [6, 6.07) is 0.0167. The Morgan fingerprint density at radius 2 is 2.27 bits per heavy atom. The maximum atomic E-state index is 10.6. The van der Waals surface area contributed by atoms with Gasteiger partial charge in [-0.15, -0.1) is 0 Å². The van der Waals surface area contributed by atoms with Gasteiger partial charge in [0.25, 0.3) is 0 Å². The third kappa shape index (κ3) is 4.26. The van der Waals surface area contributed by atoms with Crippen LogP contribution in [0.1, 0.15) is 26.2 Å². The fourth-order valence-corrected chi connectivity index (χ4v) is 2.09. The molecule has 1 aliphatic heterocycles. The number of piperidine rings is 1. The fourth-order valence-electron chi connectivity index (χ4n) is 2.09. The highest BCUT2D eigenvalue weighted by molar-refractivity contribution is 4.82. The molecule has 1 fully saturated rings. The number of nitroso groups, excluding NO2 is 1. The van der Waals surface area contributed by atoms with Crippen LogP contribution in [0.4, 0.5) is 0 Å². The lowest BCUT2D eigenvalue weighted by Crippen LogP contribution is -2.42. The molecule has 1 saturated heterocycles. The van der Waals surface area contributed by atoms with E-state index in [1.165, 1.54) is 12.8 Å². The van der Waals surface area contributed by atoms with Gasteiger partial charge in [-0.3, -0.25) is 0 Å². The third-order valence-corrected chi connectivity index (χ3v) is 3.29. The molecular weight excluding hydrogens is 190 g/mol. The van der Waals surface area contributed by atoms with Gasteiger partial charge in [-0.2, -0.15) is 4.91 Å². The van der Waals surface area contributed by atoms with Crippen molar-refractivity contribution in [1.29, 1.82) is 0 Å². The van der Waals surface area contributed by atoms with Gasteiger partial charge in [-0.1, -0.05) is 12.1 Å². The van der Waals surface area contributed by atoms with E-state index in [4.69, 9.17) is 0 Å². The molecule has 0 aliphatic carbocycles. The highest BCUT2D eigenvalue weighted by Gasteiger charge is 2.26. The average Bonchev–Trinajstić information content (AvgIpc) is 2.26. The molecule has 88 valence electrons. The first-order valence-corrected chi connectivity index (χ1v) is 5.97. The standard InChI is InChI=1S/C11H23N3O/c1-10-5-8-14(9-11(10)13-15)7-4-3-6-12-2/h10-12H,3-9H2,1-2H3/t10-,11?/m1/s1. The number of nitrogens with one attached hydrogen (secondary N) is 1. The smallest absolute Gasteiger partial charge is 0.107 e. The largest absolute Gasteiger partial charge is 0.320 e. The summed E-state index contributed by atoms with van der Waals surface area (Å²) >= 11 is 0. The molecule has 0 saturated carbocycles. The molecule has 15 heavy (non-hydrogen) atoms. The highest BCUT2D eigenvalue weighted by atomic mass is 16.3. The van der Waals surface area contributed by atoms with E-state index in [1.54, 1.807) is 0 Å². The summed E-state index contributed by atoms with van der Waals surface area (Å²) in [5.41, 5.74) is 0. The first kappa shape index (κ1) is 12.6. The van der Waals surface area contributed by atoms with Crippen LogP contribution in [0.15, 0.2) is 5.18 Å². The van der Waals surface area contributed by atoms with E-state index >= 15 is 0 Å². The first-order valence-electron chi connectivity index (χ1n) is 5.97. The number of hydrogen-bond acceptors (Lipinski definition) is 4. The summed E-state index contributed by atoms with van der Waals surface area (Å²) < 4.78 is 0. The van der Waals surface area contributed by atoms with Crippen LogP contribution >= 0.6 is 0 Å². The molecule has 0 aromatic heterocycles.